The minimum atomic E-state index is -0.0996. The predicted octanol–water partition coefficient (Wildman–Crippen LogP) is 4.29. The molecule has 2 aromatic rings. The Labute approximate surface area is 141 Å². The zero-order chi connectivity index (χ0) is 16.2. The molecule has 23 heavy (non-hydrogen) atoms. The van der Waals surface area contributed by atoms with Gasteiger partial charge in [0, 0.05) is 5.02 Å². The van der Waals surface area contributed by atoms with Crippen LogP contribution in [-0.4, -0.2) is 12.5 Å². The fourth-order valence-corrected chi connectivity index (χ4v) is 2.70. The topological polar surface area (TPSA) is 38.3 Å². The summed E-state index contributed by atoms with van der Waals surface area (Å²) in [5, 5.41) is 3.80. The van der Waals surface area contributed by atoms with Gasteiger partial charge in [0.1, 0.15) is 5.75 Å². The molecule has 0 bridgehead atoms. The van der Waals surface area contributed by atoms with E-state index in [-0.39, 0.29) is 18.6 Å². The second-order valence-corrected chi connectivity index (χ2v) is 6.47. The van der Waals surface area contributed by atoms with Gasteiger partial charge in [-0.1, -0.05) is 41.4 Å². The largest absolute Gasteiger partial charge is 0.484 e. The maximum atomic E-state index is 12.2. The molecule has 1 N–H and O–H groups in total. The smallest absolute Gasteiger partial charge is 0.258 e. The molecular formula is C19H20ClNO2. The van der Waals surface area contributed by atoms with Gasteiger partial charge in [-0.05, 0) is 55.5 Å². The van der Waals surface area contributed by atoms with E-state index in [2.05, 4.69) is 5.32 Å². The highest BCUT2D eigenvalue weighted by atomic mass is 35.5. The number of nitrogens with one attached hydrogen (secondary N) is 1. The van der Waals surface area contributed by atoms with Crippen molar-refractivity contribution in [1.29, 1.82) is 0 Å². The first-order valence-electron chi connectivity index (χ1n) is 7.86. The fraction of sp³-hybridized carbons (Fsp3) is 0.316. The molecule has 0 aromatic heterocycles. The van der Waals surface area contributed by atoms with E-state index in [0.717, 1.165) is 18.4 Å². The predicted molar refractivity (Wildman–Crippen MR) is 91.7 cm³/mol. The van der Waals surface area contributed by atoms with Gasteiger partial charge in [0.2, 0.25) is 0 Å². The van der Waals surface area contributed by atoms with Crippen molar-refractivity contribution in [1.82, 2.24) is 5.32 Å². The molecular weight excluding hydrogens is 310 g/mol. The molecule has 120 valence electrons. The molecule has 0 heterocycles. The summed E-state index contributed by atoms with van der Waals surface area (Å²) >= 11 is 5.94. The molecule has 0 spiro atoms. The van der Waals surface area contributed by atoms with Crippen LogP contribution in [0.2, 0.25) is 5.02 Å². The van der Waals surface area contributed by atoms with E-state index in [9.17, 15) is 4.79 Å². The van der Waals surface area contributed by atoms with Crippen molar-refractivity contribution in [2.75, 3.05) is 6.61 Å². The van der Waals surface area contributed by atoms with Crippen molar-refractivity contribution in [3.05, 3.63) is 64.7 Å². The molecule has 1 atom stereocenters. The molecule has 3 rings (SSSR count). The van der Waals surface area contributed by atoms with Crippen LogP contribution in [0.25, 0.3) is 0 Å². The SMILES string of the molecule is Cc1ccc(OCC(=O)N[C@@H](c2ccc(Cl)cc2)C2CC2)cc1. The molecule has 0 saturated heterocycles. The summed E-state index contributed by atoms with van der Waals surface area (Å²) in [6.45, 7) is 2.04. The highest BCUT2D eigenvalue weighted by molar-refractivity contribution is 6.30. The molecule has 1 aliphatic rings. The van der Waals surface area contributed by atoms with Crippen LogP contribution in [0.1, 0.15) is 30.0 Å². The van der Waals surface area contributed by atoms with Crippen LogP contribution in [0.4, 0.5) is 0 Å². The number of aryl methyl sites for hydroxylation is 1. The third-order valence-electron chi connectivity index (χ3n) is 4.03. The van der Waals surface area contributed by atoms with Crippen LogP contribution < -0.4 is 10.1 Å². The number of amides is 1. The monoisotopic (exact) mass is 329 g/mol. The van der Waals surface area contributed by atoms with Gasteiger partial charge in [0.25, 0.3) is 5.91 Å². The second kappa shape index (κ2) is 7.05. The number of carbonyl (C=O) groups is 1. The van der Waals surface area contributed by atoms with Crippen LogP contribution in [0, 0.1) is 12.8 Å². The number of rotatable bonds is 6. The van der Waals surface area contributed by atoms with Crippen molar-refractivity contribution in [3.63, 3.8) is 0 Å². The molecule has 0 aliphatic heterocycles. The number of ether oxygens (including phenoxy) is 1. The average Bonchev–Trinajstić information content (AvgIpc) is 3.38. The third kappa shape index (κ3) is 4.49. The Bertz CT molecular complexity index is 663. The van der Waals surface area contributed by atoms with E-state index in [1.165, 1.54) is 5.56 Å². The lowest BCUT2D eigenvalue weighted by molar-refractivity contribution is -0.124. The standard InChI is InChI=1S/C19H20ClNO2/c1-13-2-10-17(11-3-13)23-12-18(22)21-19(14-4-5-14)15-6-8-16(20)9-7-15/h2-3,6-11,14,19H,4-5,12H2,1H3,(H,21,22)/t19-/m1/s1. The maximum Gasteiger partial charge on any atom is 0.258 e. The van der Waals surface area contributed by atoms with Crippen molar-refractivity contribution in [2.45, 2.75) is 25.8 Å². The Balaban J connectivity index is 1.58. The first-order chi connectivity index (χ1) is 11.1. The third-order valence-corrected chi connectivity index (χ3v) is 4.28. The van der Waals surface area contributed by atoms with Gasteiger partial charge in [-0.3, -0.25) is 4.79 Å². The minimum Gasteiger partial charge on any atom is -0.484 e. The summed E-state index contributed by atoms with van der Waals surface area (Å²) < 4.78 is 5.55. The van der Waals surface area contributed by atoms with Crippen LogP contribution >= 0.6 is 11.6 Å². The number of halogens is 1. The molecule has 0 radical (unpaired) electrons. The Kier molecular flexibility index (Phi) is 4.87. The van der Waals surface area contributed by atoms with E-state index in [1.54, 1.807) is 0 Å². The molecule has 2 aromatic carbocycles. The summed E-state index contributed by atoms with van der Waals surface area (Å²) in [6.07, 6.45) is 2.29. The van der Waals surface area contributed by atoms with Crippen LogP contribution in [0.5, 0.6) is 5.75 Å². The van der Waals surface area contributed by atoms with Gasteiger partial charge < -0.3 is 10.1 Å². The summed E-state index contributed by atoms with van der Waals surface area (Å²) in [7, 11) is 0. The maximum absolute atomic E-state index is 12.2. The lowest BCUT2D eigenvalue weighted by Crippen LogP contribution is -2.33. The quantitative estimate of drug-likeness (QED) is 0.858. The van der Waals surface area contributed by atoms with Gasteiger partial charge in [-0.2, -0.15) is 0 Å². The Morgan fingerprint density at radius 3 is 2.43 bits per heavy atom. The van der Waals surface area contributed by atoms with Gasteiger partial charge in [-0.15, -0.1) is 0 Å². The minimum absolute atomic E-state index is 0.0276. The molecule has 3 nitrogen and oxygen atoms in total. The van der Waals surface area contributed by atoms with E-state index < -0.39 is 0 Å². The van der Waals surface area contributed by atoms with Crippen molar-refractivity contribution >= 4 is 17.5 Å². The molecule has 1 amide bonds. The highest BCUT2D eigenvalue weighted by Crippen LogP contribution is 2.41. The van der Waals surface area contributed by atoms with E-state index in [0.29, 0.717) is 16.7 Å². The Hall–Kier alpha value is -2.00. The van der Waals surface area contributed by atoms with Crippen molar-refractivity contribution < 1.29 is 9.53 Å². The molecule has 1 aliphatic carbocycles. The van der Waals surface area contributed by atoms with E-state index in [1.807, 2.05) is 55.5 Å². The zero-order valence-electron chi connectivity index (χ0n) is 13.1. The molecule has 1 fully saturated rings. The number of hydrogen-bond donors (Lipinski definition) is 1. The normalized spacial score (nSPS) is 15.0. The summed E-state index contributed by atoms with van der Waals surface area (Å²) in [6, 6.07) is 15.4. The second-order valence-electron chi connectivity index (χ2n) is 6.04. The molecule has 1 saturated carbocycles. The number of carbonyl (C=O) groups excluding carboxylic acids is 1. The number of benzene rings is 2. The fourth-order valence-electron chi connectivity index (χ4n) is 2.57. The molecule has 4 heteroatoms. The van der Waals surface area contributed by atoms with Gasteiger partial charge in [0.15, 0.2) is 6.61 Å². The summed E-state index contributed by atoms with van der Waals surface area (Å²) in [5.41, 5.74) is 2.26. The first kappa shape index (κ1) is 15.9. The first-order valence-corrected chi connectivity index (χ1v) is 8.24. The summed E-state index contributed by atoms with van der Waals surface area (Å²) in [5.74, 6) is 1.12. The van der Waals surface area contributed by atoms with Crippen LogP contribution in [-0.2, 0) is 4.79 Å². The van der Waals surface area contributed by atoms with Crippen molar-refractivity contribution in [3.8, 4) is 5.75 Å². The highest BCUT2D eigenvalue weighted by Gasteiger charge is 2.33. The van der Waals surface area contributed by atoms with Crippen molar-refractivity contribution in [2.24, 2.45) is 5.92 Å². The van der Waals surface area contributed by atoms with E-state index >= 15 is 0 Å². The van der Waals surface area contributed by atoms with Gasteiger partial charge in [-0.25, -0.2) is 0 Å². The lowest BCUT2D eigenvalue weighted by Gasteiger charge is -2.19. The zero-order valence-corrected chi connectivity index (χ0v) is 13.8. The summed E-state index contributed by atoms with van der Waals surface area (Å²) in [4.78, 5) is 12.2. The van der Waals surface area contributed by atoms with E-state index in [4.69, 9.17) is 16.3 Å². The number of hydrogen-bond acceptors (Lipinski definition) is 2. The Morgan fingerprint density at radius 2 is 1.83 bits per heavy atom. The van der Waals surface area contributed by atoms with Gasteiger partial charge >= 0.3 is 0 Å². The van der Waals surface area contributed by atoms with Gasteiger partial charge in [0.05, 0.1) is 6.04 Å². The van der Waals surface area contributed by atoms with Crippen LogP contribution in [0.3, 0.4) is 0 Å². The average molecular weight is 330 g/mol. The molecule has 0 unspecified atom stereocenters. The Morgan fingerprint density at radius 1 is 1.17 bits per heavy atom. The van der Waals surface area contributed by atoms with Crippen LogP contribution in [0.15, 0.2) is 48.5 Å². The lowest BCUT2D eigenvalue weighted by atomic mass is 10.0.